The van der Waals surface area contributed by atoms with Crippen LogP contribution in [0.4, 0.5) is 8.78 Å². The second-order valence-electron chi connectivity index (χ2n) is 5.49. The minimum atomic E-state index is -1.60. The highest BCUT2D eigenvalue weighted by atomic mass is 32.1. The van der Waals surface area contributed by atoms with E-state index < -0.39 is 6.08 Å². The summed E-state index contributed by atoms with van der Waals surface area (Å²) in [6.45, 7) is 2.64. The number of aryl methyl sites for hydroxylation is 1. The zero-order chi connectivity index (χ0) is 16.4. The first-order valence-corrected chi connectivity index (χ1v) is 8.27. The molecule has 23 heavy (non-hydrogen) atoms. The van der Waals surface area contributed by atoms with E-state index in [4.69, 9.17) is 0 Å². The molecule has 0 spiro atoms. The van der Waals surface area contributed by atoms with E-state index >= 15 is 0 Å². The summed E-state index contributed by atoms with van der Waals surface area (Å²) in [5, 5.41) is 2.98. The fourth-order valence-corrected chi connectivity index (χ4v) is 3.25. The molecule has 1 aromatic carbocycles. The van der Waals surface area contributed by atoms with Gasteiger partial charge in [-0.3, -0.25) is 4.79 Å². The molecule has 0 atom stereocenters. The number of hydrogen-bond donors (Lipinski definition) is 0. The Labute approximate surface area is 137 Å². The molecule has 1 saturated heterocycles. The van der Waals surface area contributed by atoms with Crippen LogP contribution in [-0.4, -0.2) is 28.9 Å². The molecule has 3 rings (SSSR count). The number of benzene rings is 1. The van der Waals surface area contributed by atoms with Crippen molar-refractivity contribution in [2.24, 2.45) is 0 Å². The van der Waals surface area contributed by atoms with Gasteiger partial charge in [-0.05, 0) is 37.5 Å². The lowest BCUT2D eigenvalue weighted by Gasteiger charge is -2.28. The van der Waals surface area contributed by atoms with Crippen molar-refractivity contribution >= 4 is 17.2 Å². The molecule has 1 aliphatic rings. The van der Waals surface area contributed by atoms with Gasteiger partial charge in [0.2, 0.25) is 0 Å². The van der Waals surface area contributed by atoms with Crippen molar-refractivity contribution in [2.75, 3.05) is 13.1 Å². The highest BCUT2D eigenvalue weighted by Crippen LogP contribution is 2.24. The Morgan fingerprint density at radius 1 is 1.17 bits per heavy atom. The predicted molar refractivity (Wildman–Crippen MR) is 86.7 cm³/mol. The van der Waals surface area contributed by atoms with Crippen LogP contribution in [0.3, 0.4) is 0 Å². The third-order valence-electron chi connectivity index (χ3n) is 3.97. The van der Waals surface area contributed by atoms with Gasteiger partial charge in [0.05, 0.1) is 10.7 Å². The van der Waals surface area contributed by atoms with Crippen molar-refractivity contribution in [3.05, 3.63) is 51.9 Å². The van der Waals surface area contributed by atoms with Crippen LogP contribution in [0.15, 0.2) is 41.3 Å². The monoisotopic (exact) mass is 334 g/mol. The van der Waals surface area contributed by atoms with Crippen LogP contribution in [0.25, 0.3) is 11.3 Å². The van der Waals surface area contributed by atoms with Gasteiger partial charge < -0.3 is 4.90 Å². The van der Waals surface area contributed by atoms with E-state index in [0.29, 0.717) is 18.7 Å². The van der Waals surface area contributed by atoms with Gasteiger partial charge in [0.25, 0.3) is 12.0 Å². The Bertz CT molecular complexity index is 738. The summed E-state index contributed by atoms with van der Waals surface area (Å²) in [5.41, 5.74) is 2.61. The van der Waals surface area contributed by atoms with Crippen molar-refractivity contribution in [1.82, 2.24) is 9.88 Å². The largest absolute Gasteiger partial charge is 0.338 e. The summed E-state index contributed by atoms with van der Waals surface area (Å²) in [7, 11) is 0. The summed E-state index contributed by atoms with van der Waals surface area (Å²) in [4.78, 5) is 18.5. The van der Waals surface area contributed by atoms with Gasteiger partial charge in [0.1, 0.15) is 0 Å². The molecule has 1 fully saturated rings. The number of halogens is 2. The van der Waals surface area contributed by atoms with Crippen LogP contribution in [0.5, 0.6) is 0 Å². The number of hydrogen-bond acceptors (Lipinski definition) is 3. The SMILES string of the molecule is Cc1nc(-c2ccc(C(=O)N3CCC(=C(F)F)CC3)cc2)cs1. The third kappa shape index (κ3) is 3.47. The maximum absolute atomic E-state index is 12.6. The van der Waals surface area contributed by atoms with Crippen LogP contribution in [-0.2, 0) is 0 Å². The van der Waals surface area contributed by atoms with E-state index in [1.54, 1.807) is 28.4 Å². The molecule has 0 aliphatic carbocycles. The number of rotatable bonds is 2. The molecule has 2 heterocycles. The van der Waals surface area contributed by atoms with E-state index in [1.807, 2.05) is 24.4 Å². The van der Waals surface area contributed by atoms with Gasteiger partial charge in [-0.15, -0.1) is 11.3 Å². The number of likely N-dealkylation sites (tertiary alicyclic amines) is 1. The van der Waals surface area contributed by atoms with Crippen LogP contribution in [0, 0.1) is 6.92 Å². The zero-order valence-electron chi connectivity index (χ0n) is 12.7. The fraction of sp³-hybridized carbons (Fsp3) is 0.294. The van der Waals surface area contributed by atoms with Crippen molar-refractivity contribution in [3.63, 3.8) is 0 Å². The first kappa shape index (κ1) is 15.8. The lowest BCUT2D eigenvalue weighted by Crippen LogP contribution is -2.36. The van der Waals surface area contributed by atoms with Gasteiger partial charge in [-0.2, -0.15) is 8.78 Å². The van der Waals surface area contributed by atoms with Gasteiger partial charge in [-0.25, -0.2) is 4.98 Å². The summed E-state index contributed by atoms with van der Waals surface area (Å²) < 4.78 is 25.1. The molecule has 0 bridgehead atoms. The smallest absolute Gasteiger partial charge is 0.269 e. The molecule has 1 aliphatic heterocycles. The highest BCUT2D eigenvalue weighted by molar-refractivity contribution is 7.09. The summed E-state index contributed by atoms with van der Waals surface area (Å²) >= 11 is 1.58. The molecule has 120 valence electrons. The highest BCUT2D eigenvalue weighted by Gasteiger charge is 2.22. The van der Waals surface area contributed by atoms with E-state index in [2.05, 4.69) is 4.98 Å². The molecule has 0 saturated carbocycles. The number of carbonyl (C=O) groups excluding carboxylic acids is 1. The fourth-order valence-electron chi connectivity index (χ4n) is 2.63. The van der Waals surface area contributed by atoms with Crippen LogP contribution >= 0.6 is 11.3 Å². The Hall–Kier alpha value is -2.08. The van der Waals surface area contributed by atoms with Crippen molar-refractivity contribution in [2.45, 2.75) is 19.8 Å². The molecular formula is C17H16F2N2OS. The van der Waals surface area contributed by atoms with Crippen molar-refractivity contribution in [3.8, 4) is 11.3 Å². The number of amides is 1. The van der Waals surface area contributed by atoms with Crippen LogP contribution in [0.1, 0.15) is 28.2 Å². The quantitative estimate of drug-likeness (QED) is 0.810. The lowest BCUT2D eigenvalue weighted by molar-refractivity contribution is 0.0740. The van der Waals surface area contributed by atoms with Gasteiger partial charge in [0.15, 0.2) is 0 Å². The summed E-state index contributed by atoms with van der Waals surface area (Å²) in [6.07, 6.45) is -1.09. The number of piperidine rings is 1. The standard InChI is InChI=1S/C17H16F2N2OS/c1-11-20-15(10-23-11)12-2-4-14(5-3-12)17(22)21-8-6-13(7-9-21)16(18)19/h2-5,10H,6-9H2,1H3. The van der Waals surface area contributed by atoms with E-state index in [-0.39, 0.29) is 24.3 Å². The molecule has 1 amide bonds. The minimum absolute atomic E-state index is 0.107. The zero-order valence-corrected chi connectivity index (χ0v) is 13.5. The normalized spacial score (nSPS) is 14.9. The van der Waals surface area contributed by atoms with Crippen molar-refractivity contribution < 1.29 is 13.6 Å². The van der Waals surface area contributed by atoms with Gasteiger partial charge in [0, 0.05) is 29.6 Å². The molecular weight excluding hydrogens is 318 g/mol. The summed E-state index contributed by atoms with van der Waals surface area (Å²) in [5.74, 6) is -0.107. The molecule has 1 aromatic heterocycles. The number of carbonyl (C=O) groups is 1. The lowest BCUT2D eigenvalue weighted by atomic mass is 10.0. The molecule has 3 nitrogen and oxygen atoms in total. The molecule has 2 aromatic rings. The molecule has 0 N–H and O–H groups in total. The predicted octanol–water partition coefficient (Wildman–Crippen LogP) is 4.51. The first-order valence-electron chi connectivity index (χ1n) is 7.39. The van der Waals surface area contributed by atoms with Gasteiger partial charge >= 0.3 is 0 Å². The Morgan fingerprint density at radius 3 is 2.35 bits per heavy atom. The first-order chi connectivity index (χ1) is 11.0. The molecule has 6 heteroatoms. The maximum Gasteiger partial charge on any atom is 0.269 e. The topological polar surface area (TPSA) is 33.2 Å². The van der Waals surface area contributed by atoms with Crippen molar-refractivity contribution in [1.29, 1.82) is 0 Å². The summed E-state index contributed by atoms with van der Waals surface area (Å²) in [6, 6.07) is 7.29. The average molecular weight is 334 g/mol. The van der Waals surface area contributed by atoms with Crippen LogP contribution in [0.2, 0.25) is 0 Å². The maximum atomic E-state index is 12.6. The van der Waals surface area contributed by atoms with E-state index in [0.717, 1.165) is 16.3 Å². The minimum Gasteiger partial charge on any atom is -0.338 e. The Kier molecular flexibility index (Phi) is 4.52. The second kappa shape index (κ2) is 6.58. The number of nitrogens with zero attached hydrogens (tertiary/aromatic N) is 2. The van der Waals surface area contributed by atoms with E-state index in [1.165, 1.54) is 0 Å². The molecule has 0 unspecified atom stereocenters. The van der Waals surface area contributed by atoms with Crippen LogP contribution < -0.4 is 0 Å². The average Bonchev–Trinajstić information content (AvgIpc) is 3.01. The third-order valence-corrected chi connectivity index (χ3v) is 4.74. The Morgan fingerprint density at radius 2 is 1.83 bits per heavy atom. The number of thiazole rings is 1. The number of aromatic nitrogens is 1. The Balaban J connectivity index is 1.70. The van der Waals surface area contributed by atoms with E-state index in [9.17, 15) is 13.6 Å². The second-order valence-corrected chi connectivity index (χ2v) is 6.55. The van der Waals surface area contributed by atoms with Gasteiger partial charge in [-0.1, -0.05) is 12.1 Å². The molecule has 0 radical (unpaired) electrons.